The average Bonchev–Trinajstić information content (AvgIpc) is 2.27. The lowest BCUT2D eigenvalue weighted by Gasteiger charge is -2.19. The van der Waals surface area contributed by atoms with Gasteiger partial charge in [-0.3, -0.25) is 14.9 Å². The van der Waals surface area contributed by atoms with E-state index in [1.807, 2.05) is 0 Å². The van der Waals surface area contributed by atoms with Gasteiger partial charge in [0.25, 0.3) is 5.91 Å². The number of hydrogen-bond donors (Lipinski definition) is 1. The minimum atomic E-state index is -0.916. The predicted molar refractivity (Wildman–Crippen MR) is 66.3 cm³/mol. The lowest BCUT2D eigenvalue weighted by molar-refractivity contribution is -0.385. The van der Waals surface area contributed by atoms with E-state index in [9.17, 15) is 14.9 Å². The number of terminal acetylenes is 1. The SMILES string of the molecule is C#CC(C)(C)NC(=O)c1ccnc(Cl)c1[N+](=O)[O-]. The summed E-state index contributed by atoms with van der Waals surface area (Å²) in [4.78, 5) is 25.5. The highest BCUT2D eigenvalue weighted by Gasteiger charge is 2.27. The summed E-state index contributed by atoms with van der Waals surface area (Å²) < 4.78 is 0. The molecule has 0 radical (unpaired) electrons. The molecule has 1 aromatic heterocycles. The Morgan fingerprint density at radius 3 is 2.78 bits per heavy atom. The Labute approximate surface area is 109 Å². The number of amides is 1. The number of nitro groups is 1. The molecule has 0 saturated heterocycles. The van der Waals surface area contributed by atoms with Gasteiger partial charge in [0.05, 0.1) is 10.5 Å². The third kappa shape index (κ3) is 2.96. The highest BCUT2D eigenvalue weighted by molar-refractivity contribution is 6.32. The molecule has 0 atom stereocenters. The lowest BCUT2D eigenvalue weighted by atomic mass is 10.1. The maximum absolute atomic E-state index is 11.9. The smallest absolute Gasteiger partial charge is 0.319 e. The number of pyridine rings is 1. The van der Waals surface area contributed by atoms with Gasteiger partial charge in [0.2, 0.25) is 5.15 Å². The van der Waals surface area contributed by atoms with Crippen molar-refractivity contribution in [1.29, 1.82) is 0 Å². The minimum absolute atomic E-state index is 0.177. The van der Waals surface area contributed by atoms with Crippen molar-refractivity contribution in [2.75, 3.05) is 0 Å². The second-order valence-corrected chi connectivity index (χ2v) is 4.34. The predicted octanol–water partition coefficient (Wildman–Crippen LogP) is 1.78. The fraction of sp³-hybridized carbons (Fsp3) is 0.273. The van der Waals surface area contributed by atoms with Gasteiger partial charge in [0.1, 0.15) is 5.56 Å². The van der Waals surface area contributed by atoms with Crippen LogP contribution in [0.25, 0.3) is 0 Å². The lowest BCUT2D eigenvalue weighted by Crippen LogP contribution is -2.42. The van der Waals surface area contributed by atoms with Gasteiger partial charge in [-0.25, -0.2) is 4.98 Å². The Morgan fingerprint density at radius 1 is 1.67 bits per heavy atom. The summed E-state index contributed by atoms with van der Waals surface area (Å²) in [5.74, 6) is 1.68. The van der Waals surface area contributed by atoms with Gasteiger partial charge in [-0.1, -0.05) is 17.5 Å². The monoisotopic (exact) mass is 267 g/mol. The van der Waals surface area contributed by atoms with Crippen LogP contribution in [0, 0.1) is 22.5 Å². The summed E-state index contributed by atoms with van der Waals surface area (Å²) in [6.45, 7) is 3.19. The van der Waals surface area contributed by atoms with E-state index in [2.05, 4.69) is 16.2 Å². The van der Waals surface area contributed by atoms with E-state index in [-0.39, 0.29) is 10.7 Å². The van der Waals surface area contributed by atoms with Crippen molar-refractivity contribution in [3.8, 4) is 12.3 Å². The molecule has 0 bridgehead atoms. The van der Waals surface area contributed by atoms with Crippen LogP contribution in [-0.2, 0) is 0 Å². The van der Waals surface area contributed by atoms with Crippen LogP contribution in [0.15, 0.2) is 12.3 Å². The van der Waals surface area contributed by atoms with Crippen LogP contribution in [-0.4, -0.2) is 21.4 Å². The molecule has 0 aliphatic carbocycles. The van der Waals surface area contributed by atoms with Gasteiger partial charge < -0.3 is 5.32 Å². The van der Waals surface area contributed by atoms with Crippen molar-refractivity contribution < 1.29 is 9.72 Å². The van der Waals surface area contributed by atoms with Crippen LogP contribution < -0.4 is 5.32 Å². The largest absolute Gasteiger partial charge is 0.336 e. The number of hydrogen-bond acceptors (Lipinski definition) is 4. The molecule has 0 saturated carbocycles. The zero-order valence-corrected chi connectivity index (χ0v) is 10.5. The first kappa shape index (κ1) is 13.9. The van der Waals surface area contributed by atoms with Gasteiger partial charge in [0.15, 0.2) is 0 Å². The van der Waals surface area contributed by atoms with E-state index in [4.69, 9.17) is 18.0 Å². The molecule has 0 aliphatic rings. The molecular weight excluding hydrogens is 258 g/mol. The van der Waals surface area contributed by atoms with E-state index < -0.39 is 22.1 Å². The molecule has 0 unspecified atom stereocenters. The van der Waals surface area contributed by atoms with Gasteiger partial charge in [0, 0.05) is 6.20 Å². The van der Waals surface area contributed by atoms with Crippen LogP contribution in [0.5, 0.6) is 0 Å². The maximum atomic E-state index is 11.9. The number of aromatic nitrogens is 1. The third-order valence-electron chi connectivity index (χ3n) is 2.09. The summed E-state index contributed by atoms with van der Waals surface area (Å²) in [5.41, 5.74) is -1.63. The molecule has 1 N–H and O–H groups in total. The zero-order valence-electron chi connectivity index (χ0n) is 9.73. The number of nitrogens with zero attached hydrogens (tertiary/aromatic N) is 2. The number of carbonyl (C=O) groups is 1. The van der Waals surface area contributed by atoms with Gasteiger partial charge in [-0.05, 0) is 19.9 Å². The first-order chi connectivity index (χ1) is 8.28. The Morgan fingerprint density at radius 2 is 2.28 bits per heavy atom. The molecule has 0 fully saturated rings. The van der Waals surface area contributed by atoms with Crippen molar-refractivity contribution >= 4 is 23.2 Å². The quantitative estimate of drug-likeness (QED) is 0.391. The Bertz CT molecular complexity index is 549. The molecule has 94 valence electrons. The summed E-state index contributed by atoms with van der Waals surface area (Å²) in [5, 5.41) is 13.0. The number of halogens is 1. The van der Waals surface area contributed by atoms with E-state index >= 15 is 0 Å². The van der Waals surface area contributed by atoms with Crippen molar-refractivity contribution in [2.24, 2.45) is 0 Å². The van der Waals surface area contributed by atoms with Crippen molar-refractivity contribution in [2.45, 2.75) is 19.4 Å². The van der Waals surface area contributed by atoms with E-state index in [1.54, 1.807) is 13.8 Å². The summed E-state index contributed by atoms with van der Waals surface area (Å²) in [7, 11) is 0. The molecule has 0 spiro atoms. The zero-order chi connectivity index (χ0) is 13.9. The molecule has 1 rings (SSSR count). The van der Waals surface area contributed by atoms with Crippen LogP contribution in [0.4, 0.5) is 5.69 Å². The Balaban J connectivity index is 3.19. The van der Waals surface area contributed by atoms with Crippen LogP contribution in [0.3, 0.4) is 0 Å². The molecule has 6 nitrogen and oxygen atoms in total. The van der Waals surface area contributed by atoms with Crippen LogP contribution >= 0.6 is 11.6 Å². The van der Waals surface area contributed by atoms with Crippen molar-refractivity contribution in [3.05, 3.63) is 33.1 Å². The standard InChI is InChI=1S/C11H10ClN3O3/c1-4-11(2,3)14-10(16)7-5-6-13-9(12)8(7)15(17)18/h1,5-6H,2-3H3,(H,14,16). The van der Waals surface area contributed by atoms with Crippen molar-refractivity contribution in [1.82, 2.24) is 10.3 Å². The van der Waals surface area contributed by atoms with E-state index in [0.717, 1.165) is 0 Å². The van der Waals surface area contributed by atoms with Gasteiger partial charge in [-0.2, -0.15) is 0 Å². The summed E-state index contributed by atoms with van der Waals surface area (Å²) in [6.07, 6.45) is 6.44. The number of rotatable bonds is 3. The topological polar surface area (TPSA) is 85.1 Å². The van der Waals surface area contributed by atoms with E-state index in [0.29, 0.717) is 0 Å². The number of carbonyl (C=O) groups excluding carboxylic acids is 1. The average molecular weight is 268 g/mol. The third-order valence-corrected chi connectivity index (χ3v) is 2.37. The number of nitrogens with one attached hydrogen (secondary N) is 1. The first-order valence-corrected chi connectivity index (χ1v) is 5.25. The molecule has 1 aromatic rings. The van der Waals surface area contributed by atoms with Crippen LogP contribution in [0.2, 0.25) is 5.15 Å². The first-order valence-electron chi connectivity index (χ1n) is 4.87. The molecule has 1 amide bonds. The second kappa shape index (κ2) is 5.02. The van der Waals surface area contributed by atoms with Crippen molar-refractivity contribution in [3.63, 3.8) is 0 Å². The normalized spacial score (nSPS) is 10.6. The summed E-state index contributed by atoms with van der Waals surface area (Å²) >= 11 is 5.60. The maximum Gasteiger partial charge on any atom is 0.319 e. The molecule has 0 aliphatic heterocycles. The van der Waals surface area contributed by atoms with Crippen LogP contribution in [0.1, 0.15) is 24.2 Å². The van der Waals surface area contributed by atoms with Gasteiger partial charge in [-0.15, -0.1) is 6.42 Å². The summed E-state index contributed by atoms with van der Waals surface area (Å²) in [6, 6.07) is 1.21. The fourth-order valence-electron chi connectivity index (χ4n) is 1.17. The van der Waals surface area contributed by atoms with E-state index in [1.165, 1.54) is 12.3 Å². The minimum Gasteiger partial charge on any atom is -0.336 e. The molecular formula is C11H10ClN3O3. The highest BCUT2D eigenvalue weighted by atomic mass is 35.5. The Kier molecular flexibility index (Phi) is 3.89. The highest BCUT2D eigenvalue weighted by Crippen LogP contribution is 2.26. The molecule has 18 heavy (non-hydrogen) atoms. The van der Waals surface area contributed by atoms with Gasteiger partial charge >= 0.3 is 5.69 Å². The fourth-order valence-corrected chi connectivity index (χ4v) is 1.40. The molecule has 1 heterocycles. The molecule has 0 aromatic carbocycles. The second-order valence-electron chi connectivity index (χ2n) is 3.98. The molecule has 7 heteroatoms. The Hall–Kier alpha value is -2.13.